The molecule has 5 nitrogen and oxygen atoms in total. The van der Waals surface area contributed by atoms with E-state index in [2.05, 4.69) is 29.6 Å². The number of hydrogen-bond donors (Lipinski definition) is 1. The number of nitrogens with one attached hydrogen (secondary N) is 1. The molecule has 0 aromatic carbocycles. The number of rotatable bonds is 2. The van der Waals surface area contributed by atoms with Gasteiger partial charge in [0.15, 0.2) is 0 Å². The molecule has 0 spiro atoms. The van der Waals surface area contributed by atoms with Crippen molar-refractivity contribution < 1.29 is 9.21 Å². The third-order valence-corrected chi connectivity index (χ3v) is 4.51. The number of pyridine rings is 1. The Hall–Kier alpha value is -2.56. The first-order valence-electron chi connectivity index (χ1n) is 7.99. The second-order valence-corrected chi connectivity index (χ2v) is 6.02. The lowest BCUT2D eigenvalue weighted by Crippen LogP contribution is -2.21. The molecule has 0 radical (unpaired) electrons. The van der Waals surface area contributed by atoms with E-state index in [0.717, 1.165) is 40.5 Å². The Morgan fingerprint density at radius 2 is 2.26 bits per heavy atom. The summed E-state index contributed by atoms with van der Waals surface area (Å²) in [5.41, 5.74) is 4.05. The van der Waals surface area contributed by atoms with Crippen molar-refractivity contribution in [2.24, 2.45) is 0 Å². The molecular formula is C18H19N3O2. The number of imidazole rings is 1. The molecule has 0 saturated heterocycles. The number of aryl methyl sites for hydroxylation is 2. The Morgan fingerprint density at radius 1 is 1.39 bits per heavy atom. The highest BCUT2D eigenvalue weighted by Gasteiger charge is 2.31. The van der Waals surface area contributed by atoms with E-state index in [1.165, 1.54) is 0 Å². The fourth-order valence-electron chi connectivity index (χ4n) is 3.31. The topological polar surface area (TPSA) is 59.5 Å². The third-order valence-electron chi connectivity index (χ3n) is 4.51. The van der Waals surface area contributed by atoms with Crippen LogP contribution in [0, 0.1) is 6.92 Å². The molecule has 1 aliphatic heterocycles. The summed E-state index contributed by atoms with van der Waals surface area (Å²) in [6.45, 7) is 4.58. The van der Waals surface area contributed by atoms with Gasteiger partial charge >= 0.3 is 0 Å². The van der Waals surface area contributed by atoms with Crippen molar-refractivity contribution in [2.45, 2.75) is 39.2 Å². The minimum absolute atomic E-state index is 0.0313. The van der Waals surface area contributed by atoms with Crippen LogP contribution in [0.1, 0.15) is 47.7 Å². The van der Waals surface area contributed by atoms with Gasteiger partial charge in [-0.1, -0.05) is 13.0 Å². The highest BCUT2D eigenvalue weighted by Crippen LogP contribution is 2.34. The largest absolute Gasteiger partial charge is 0.465 e. The molecule has 1 amide bonds. The summed E-state index contributed by atoms with van der Waals surface area (Å²) in [7, 11) is 0. The average molecular weight is 309 g/mol. The van der Waals surface area contributed by atoms with Crippen LogP contribution in [0.4, 0.5) is 0 Å². The van der Waals surface area contributed by atoms with Crippen LogP contribution in [0.5, 0.6) is 0 Å². The summed E-state index contributed by atoms with van der Waals surface area (Å²) in [5, 5.41) is 2.95. The van der Waals surface area contributed by atoms with Crippen molar-refractivity contribution in [1.29, 1.82) is 0 Å². The zero-order valence-corrected chi connectivity index (χ0v) is 13.3. The van der Waals surface area contributed by atoms with Crippen LogP contribution in [-0.2, 0) is 17.8 Å². The van der Waals surface area contributed by atoms with Crippen molar-refractivity contribution in [1.82, 2.24) is 14.7 Å². The van der Waals surface area contributed by atoms with Gasteiger partial charge in [0.25, 0.3) is 0 Å². The Morgan fingerprint density at radius 3 is 3.04 bits per heavy atom. The van der Waals surface area contributed by atoms with Gasteiger partial charge in [0.05, 0.1) is 23.9 Å². The highest BCUT2D eigenvalue weighted by molar-refractivity contribution is 5.78. The van der Waals surface area contributed by atoms with Crippen LogP contribution in [0.15, 0.2) is 34.9 Å². The summed E-state index contributed by atoms with van der Waals surface area (Å²) < 4.78 is 8.06. The Labute approximate surface area is 134 Å². The van der Waals surface area contributed by atoms with E-state index in [9.17, 15) is 4.79 Å². The second kappa shape index (κ2) is 5.26. The quantitative estimate of drug-likeness (QED) is 0.792. The minimum Gasteiger partial charge on any atom is -0.465 e. The second-order valence-electron chi connectivity index (χ2n) is 6.02. The summed E-state index contributed by atoms with van der Waals surface area (Å²) >= 11 is 0. The van der Waals surface area contributed by atoms with E-state index in [4.69, 9.17) is 9.40 Å². The van der Waals surface area contributed by atoms with Crippen molar-refractivity contribution >= 4 is 11.6 Å². The van der Waals surface area contributed by atoms with E-state index in [1.807, 2.05) is 24.4 Å². The monoisotopic (exact) mass is 309 g/mol. The van der Waals surface area contributed by atoms with Crippen molar-refractivity contribution in [3.63, 3.8) is 0 Å². The third kappa shape index (κ3) is 2.23. The minimum atomic E-state index is -0.107. The molecule has 23 heavy (non-hydrogen) atoms. The van der Waals surface area contributed by atoms with E-state index in [1.54, 1.807) is 0 Å². The lowest BCUT2D eigenvalue weighted by Gasteiger charge is -2.13. The van der Waals surface area contributed by atoms with E-state index in [-0.39, 0.29) is 11.8 Å². The van der Waals surface area contributed by atoms with Crippen LogP contribution in [0.3, 0.4) is 0 Å². The SMILES string of the molecule is CCc1ccc([C@H]2CC(=O)NCc3nc4c(C)cccn4c32)o1. The Balaban J connectivity index is 1.94. The molecule has 0 saturated carbocycles. The van der Waals surface area contributed by atoms with Gasteiger partial charge in [-0.05, 0) is 30.7 Å². The molecule has 0 unspecified atom stereocenters. The Bertz CT molecular complexity index is 891. The van der Waals surface area contributed by atoms with Gasteiger partial charge in [-0.2, -0.15) is 0 Å². The summed E-state index contributed by atoms with van der Waals surface area (Å²) in [6, 6.07) is 8.05. The van der Waals surface area contributed by atoms with Crippen LogP contribution in [0.25, 0.3) is 5.65 Å². The maximum Gasteiger partial charge on any atom is 0.221 e. The normalized spacial score (nSPS) is 17.8. The molecule has 3 aromatic heterocycles. The van der Waals surface area contributed by atoms with Crippen molar-refractivity contribution in [3.8, 4) is 0 Å². The van der Waals surface area contributed by atoms with Crippen molar-refractivity contribution in [2.75, 3.05) is 0 Å². The first-order chi connectivity index (χ1) is 11.2. The predicted octanol–water partition coefficient (Wildman–Crippen LogP) is 2.95. The zero-order valence-electron chi connectivity index (χ0n) is 13.3. The van der Waals surface area contributed by atoms with Crippen LogP contribution >= 0.6 is 0 Å². The number of furan rings is 1. The number of amides is 1. The van der Waals surface area contributed by atoms with Gasteiger partial charge in [-0.25, -0.2) is 4.98 Å². The van der Waals surface area contributed by atoms with E-state index in [0.29, 0.717) is 13.0 Å². The van der Waals surface area contributed by atoms with Crippen LogP contribution in [-0.4, -0.2) is 15.3 Å². The highest BCUT2D eigenvalue weighted by atomic mass is 16.3. The molecule has 4 rings (SSSR count). The fraction of sp³-hybridized carbons (Fsp3) is 0.333. The molecule has 1 N–H and O–H groups in total. The van der Waals surface area contributed by atoms with Gasteiger partial charge in [0.2, 0.25) is 5.91 Å². The number of aromatic nitrogens is 2. The molecular weight excluding hydrogens is 290 g/mol. The molecule has 0 fully saturated rings. The molecule has 5 heteroatoms. The maximum atomic E-state index is 12.1. The maximum absolute atomic E-state index is 12.1. The summed E-state index contributed by atoms with van der Waals surface area (Å²) in [4.78, 5) is 16.9. The van der Waals surface area contributed by atoms with Gasteiger partial charge in [0, 0.05) is 19.0 Å². The lowest BCUT2D eigenvalue weighted by atomic mass is 9.97. The van der Waals surface area contributed by atoms with Gasteiger partial charge < -0.3 is 14.1 Å². The molecule has 4 heterocycles. The number of nitrogens with zero attached hydrogens (tertiary/aromatic N) is 2. The van der Waals surface area contributed by atoms with Gasteiger partial charge in [-0.15, -0.1) is 0 Å². The van der Waals surface area contributed by atoms with E-state index >= 15 is 0 Å². The van der Waals surface area contributed by atoms with Gasteiger partial charge in [0.1, 0.15) is 17.2 Å². The van der Waals surface area contributed by atoms with Crippen LogP contribution < -0.4 is 5.32 Å². The zero-order chi connectivity index (χ0) is 16.0. The summed E-state index contributed by atoms with van der Waals surface area (Å²) in [6.07, 6.45) is 3.24. The van der Waals surface area contributed by atoms with Crippen molar-refractivity contribution in [3.05, 3.63) is 58.9 Å². The number of hydrogen-bond acceptors (Lipinski definition) is 3. The molecule has 0 aliphatic carbocycles. The molecule has 118 valence electrons. The fourth-order valence-corrected chi connectivity index (χ4v) is 3.31. The van der Waals surface area contributed by atoms with E-state index < -0.39 is 0 Å². The predicted molar refractivity (Wildman–Crippen MR) is 86.3 cm³/mol. The van der Waals surface area contributed by atoms with Crippen LogP contribution in [0.2, 0.25) is 0 Å². The lowest BCUT2D eigenvalue weighted by molar-refractivity contribution is -0.121. The van der Waals surface area contributed by atoms with Gasteiger partial charge in [-0.3, -0.25) is 4.79 Å². The first-order valence-corrected chi connectivity index (χ1v) is 7.99. The standard InChI is InChI=1S/C18H19N3O2/c1-3-12-6-7-15(23-12)13-9-16(22)19-10-14-17(13)21-8-4-5-11(2)18(21)20-14/h4-8,13H,3,9-10H2,1-2H3,(H,19,22)/t13-/m1/s1. The molecule has 3 aromatic rings. The average Bonchev–Trinajstić information content (AvgIpc) is 3.12. The smallest absolute Gasteiger partial charge is 0.221 e. The molecule has 1 atom stereocenters. The first kappa shape index (κ1) is 14.1. The Kier molecular flexibility index (Phi) is 3.22. The molecule has 0 bridgehead atoms. The molecule has 1 aliphatic rings. The summed E-state index contributed by atoms with van der Waals surface area (Å²) in [5.74, 6) is 1.70. The number of fused-ring (bicyclic) bond motifs is 3. The number of carbonyl (C=O) groups excluding carboxylic acids is 1. The number of carbonyl (C=O) groups is 1.